The smallest absolute Gasteiger partial charge is 0.421 e. The van der Waals surface area contributed by atoms with Crippen LogP contribution in [0, 0.1) is 13.8 Å². The molecule has 1 aliphatic heterocycles. The summed E-state index contributed by atoms with van der Waals surface area (Å²) in [7, 11) is 1.65. The Bertz CT molecular complexity index is 1510. The van der Waals surface area contributed by atoms with E-state index in [-0.39, 0.29) is 11.3 Å². The molecule has 0 bridgehead atoms. The van der Waals surface area contributed by atoms with Crippen LogP contribution in [0.3, 0.4) is 0 Å². The Morgan fingerprint density at radius 2 is 1.66 bits per heavy atom. The first kappa shape index (κ1) is 25.1. The second kappa shape index (κ2) is 9.08. The summed E-state index contributed by atoms with van der Waals surface area (Å²) in [5, 5.41) is 9.85. The van der Waals surface area contributed by atoms with Gasteiger partial charge >= 0.3 is 12.2 Å². The van der Waals surface area contributed by atoms with Crippen molar-refractivity contribution >= 4 is 17.4 Å². The lowest BCUT2D eigenvalue weighted by atomic mass is 10.2. The maximum Gasteiger partial charge on any atom is 0.507 e. The number of nitrogens with one attached hydrogen (secondary N) is 2. The van der Waals surface area contributed by atoms with Gasteiger partial charge in [0.1, 0.15) is 17.2 Å². The second-order valence-electron chi connectivity index (χ2n) is 8.71. The zero-order chi connectivity index (χ0) is 27.2. The van der Waals surface area contributed by atoms with Crippen LogP contribution in [0.2, 0.25) is 0 Å². The molecular formula is C25H22F4N6O3. The molecule has 0 atom stereocenters. The van der Waals surface area contributed by atoms with E-state index in [1.165, 1.54) is 16.9 Å². The summed E-state index contributed by atoms with van der Waals surface area (Å²) in [5.74, 6) is -0.662. The fourth-order valence-electron chi connectivity index (χ4n) is 4.07. The Morgan fingerprint density at radius 3 is 2.37 bits per heavy atom. The number of nitrogens with zero attached hydrogens (tertiary/aromatic N) is 4. The molecule has 0 saturated heterocycles. The summed E-state index contributed by atoms with van der Waals surface area (Å²) >= 11 is 0. The van der Waals surface area contributed by atoms with Gasteiger partial charge in [0.2, 0.25) is 0 Å². The Balaban J connectivity index is 1.31. The predicted molar refractivity (Wildman–Crippen MR) is 129 cm³/mol. The maximum absolute atomic E-state index is 13.5. The third-order valence-electron chi connectivity index (χ3n) is 5.97. The molecule has 13 heteroatoms. The normalized spacial score (nSPS) is 15.2. The number of halogens is 4. The highest BCUT2D eigenvalue weighted by Gasteiger charge is 2.65. The molecular weight excluding hydrogens is 508 g/mol. The molecule has 3 aromatic heterocycles. The van der Waals surface area contributed by atoms with Gasteiger partial charge in [-0.3, -0.25) is 9.48 Å². The van der Waals surface area contributed by atoms with Gasteiger partial charge in [-0.25, -0.2) is 4.98 Å². The van der Waals surface area contributed by atoms with Crippen LogP contribution in [-0.4, -0.2) is 37.5 Å². The summed E-state index contributed by atoms with van der Waals surface area (Å²) < 4.78 is 65.5. The third-order valence-corrected chi connectivity index (χ3v) is 5.97. The van der Waals surface area contributed by atoms with Crippen molar-refractivity contribution in [3.05, 3.63) is 77.4 Å². The lowest BCUT2D eigenvalue weighted by Gasteiger charge is -2.31. The Kier molecular flexibility index (Phi) is 6.00. The Morgan fingerprint density at radius 1 is 0.974 bits per heavy atom. The summed E-state index contributed by atoms with van der Waals surface area (Å²) in [4.78, 5) is 17.4. The monoisotopic (exact) mass is 530 g/mol. The van der Waals surface area contributed by atoms with Crippen LogP contribution in [-0.2, 0) is 13.6 Å². The molecule has 198 valence electrons. The molecule has 4 heterocycles. The van der Waals surface area contributed by atoms with Gasteiger partial charge in [0.05, 0.1) is 6.20 Å². The van der Waals surface area contributed by atoms with Crippen molar-refractivity contribution in [2.24, 2.45) is 7.05 Å². The van der Waals surface area contributed by atoms with E-state index in [1.807, 2.05) is 42.7 Å². The van der Waals surface area contributed by atoms with Crippen molar-refractivity contribution in [3.8, 4) is 17.3 Å². The highest BCUT2D eigenvalue weighted by Crippen LogP contribution is 2.47. The summed E-state index contributed by atoms with van der Waals surface area (Å²) in [6.07, 6.45) is -6.65. The van der Waals surface area contributed by atoms with Crippen LogP contribution in [0.1, 0.15) is 27.3 Å². The van der Waals surface area contributed by atoms with Crippen molar-refractivity contribution < 1.29 is 31.8 Å². The van der Waals surface area contributed by atoms with Gasteiger partial charge in [-0.2, -0.15) is 22.7 Å². The average Bonchev–Trinajstić information content (AvgIpc) is 3.39. The number of ether oxygens (including phenoxy) is 2. The van der Waals surface area contributed by atoms with E-state index in [0.717, 1.165) is 34.9 Å². The van der Waals surface area contributed by atoms with E-state index in [0.29, 0.717) is 12.4 Å². The van der Waals surface area contributed by atoms with Gasteiger partial charge in [0, 0.05) is 42.9 Å². The molecule has 4 aromatic rings. The zero-order valence-corrected chi connectivity index (χ0v) is 20.4. The number of rotatable bonds is 6. The number of carbonyl (C=O) groups excluding carboxylic acids is 1. The van der Waals surface area contributed by atoms with Crippen LogP contribution < -0.4 is 20.1 Å². The molecule has 0 radical (unpaired) electrons. The van der Waals surface area contributed by atoms with Crippen LogP contribution in [0.5, 0.6) is 11.5 Å². The average molecular weight is 530 g/mol. The molecule has 1 amide bonds. The summed E-state index contributed by atoms with van der Waals surface area (Å²) in [6, 6.07) is 11.0. The lowest BCUT2D eigenvalue weighted by molar-refractivity contribution is -0.391. The number of pyridine rings is 1. The Hall–Kier alpha value is -4.55. The number of fused-ring (bicyclic) bond motifs is 1. The van der Waals surface area contributed by atoms with Crippen LogP contribution >= 0.6 is 0 Å². The van der Waals surface area contributed by atoms with Gasteiger partial charge in [0.25, 0.3) is 5.91 Å². The van der Waals surface area contributed by atoms with Gasteiger partial charge in [-0.15, -0.1) is 0 Å². The van der Waals surface area contributed by atoms with Crippen LogP contribution in [0.15, 0.2) is 54.9 Å². The number of anilines is 2. The number of carbonyl (C=O) groups is 1. The molecule has 0 unspecified atom stereocenters. The lowest BCUT2D eigenvalue weighted by Crippen LogP contribution is -2.52. The van der Waals surface area contributed by atoms with Crippen LogP contribution in [0.25, 0.3) is 5.82 Å². The van der Waals surface area contributed by atoms with E-state index in [2.05, 4.69) is 30.2 Å². The van der Waals surface area contributed by atoms with E-state index >= 15 is 0 Å². The minimum atomic E-state index is -4.87. The fourth-order valence-corrected chi connectivity index (χ4v) is 4.07. The van der Waals surface area contributed by atoms with Crippen molar-refractivity contribution in [2.45, 2.75) is 32.6 Å². The first-order chi connectivity index (χ1) is 17.9. The molecule has 2 N–H and O–H groups in total. The number of aromatic nitrogens is 4. The quantitative estimate of drug-likeness (QED) is 0.339. The van der Waals surface area contributed by atoms with E-state index in [4.69, 9.17) is 0 Å². The number of hydrogen-bond donors (Lipinski definition) is 2. The molecule has 0 spiro atoms. The van der Waals surface area contributed by atoms with E-state index in [1.54, 1.807) is 13.2 Å². The van der Waals surface area contributed by atoms with E-state index in [9.17, 15) is 22.4 Å². The fraction of sp³-hybridized carbons (Fsp3) is 0.240. The standard InChI is InChI=1S/C25H22F4N6O3/c1-14-4-5-15(2)35(14)21-10-16(8-9-30-21)12-31-22-18(13-32-34(22)3)23(36)33-17-6-7-19-20(11-17)38-25(28,29)24(26,27)37-19/h4-11,13,31H,12H2,1-3H3,(H,33,36). The van der Waals surface area contributed by atoms with E-state index < -0.39 is 29.6 Å². The maximum atomic E-state index is 13.5. The molecule has 5 rings (SSSR count). The number of benzene rings is 1. The number of hydrogen-bond acceptors (Lipinski definition) is 6. The van der Waals surface area contributed by atoms with Gasteiger partial charge < -0.3 is 24.7 Å². The number of amides is 1. The van der Waals surface area contributed by atoms with Crippen molar-refractivity contribution in [3.63, 3.8) is 0 Å². The van der Waals surface area contributed by atoms with Crippen LogP contribution in [0.4, 0.5) is 29.1 Å². The second-order valence-corrected chi connectivity index (χ2v) is 8.71. The topological polar surface area (TPSA) is 95.2 Å². The molecule has 1 aromatic carbocycles. The summed E-state index contributed by atoms with van der Waals surface area (Å²) in [6.45, 7) is 4.33. The molecule has 9 nitrogen and oxygen atoms in total. The highest BCUT2D eigenvalue weighted by molar-refractivity contribution is 6.07. The van der Waals surface area contributed by atoms with Gasteiger partial charge in [-0.1, -0.05) is 0 Å². The minimum absolute atomic E-state index is 0.0319. The van der Waals surface area contributed by atoms with Crippen molar-refractivity contribution in [1.82, 2.24) is 19.3 Å². The largest absolute Gasteiger partial charge is 0.507 e. The number of aryl methyl sites for hydroxylation is 3. The SMILES string of the molecule is Cc1ccc(C)n1-c1cc(CNc2c(C(=O)Nc3ccc4c(c3)OC(F)(F)C(F)(F)O4)cnn2C)ccn1. The molecule has 0 aliphatic carbocycles. The van der Waals surface area contributed by atoms with Crippen molar-refractivity contribution in [1.29, 1.82) is 0 Å². The van der Waals surface area contributed by atoms with Crippen molar-refractivity contribution in [2.75, 3.05) is 10.6 Å². The first-order valence-corrected chi connectivity index (χ1v) is 11.4. The molecule has 1 aliphatic rings. The third kappa shape index (κ3) is 4.51. The first-order valence-electron chi connectivity index (χ1n) is 11.4. The highest BCUT2D eigenvalue weighted by atomic mass is 19.3. The number of alkyl halides is 4. The Labute approximate surface area is 214 Å². The molecule has 0 saturated carbocycles. The molecule has 0 fully saturated rings. The van der Waals surface area contributed by atoms with Gasteiger partial charge in [0.15, 0.2) is 11.5 Å². The zero-order valence-electron chi connectivity index (χ0n) is 20.4. The predicted octanol–water partition coefficient (Wildman–Crippen LogP) is 5.04. The summed E-state index contributed by atoms with van der Waals surface area (Å²) in [5.41, 5.74) is 3.19. The molecule has 38 heavy (non-hydrogen) atoms. The minimum Gasteiger partial charge on any atom is -0.421 e. The van der Waals surface area contributed by atoms with Gasteiger partial charge in [-0.05, 0) is 55.8 Å².